The lowest BCUT2D eigenvalue weighted by Gasteiger charge is -2.26. The Hall–Kier alpha value is -3.78. The maximum Gasteiger partial charge on any atom is 0.412 e. The van der Waals surface area contributed by atoms with Gasteiger partial charge in [0.1, 0.15) is 24.2 Å². The third-order valence-electron chi connectivity index (χ3n) is 5.40. The first-order valence-corrected chi connectivity index (χ1v) is 11.8. The lowest BCUT2D eigenvalue weighted by atomic mass is 9.90. The quantitative estimate of drug-likeness (QED) is 0.228. The Labute approximate surface area is 212 Å². The smallest absolute Gasteiger partial charge is 0.412 e. The summed E-state index contributed by atoms with van der Waals surface area (Å²) in [6.45, 7) is 7.84. The molecule has 2 N–H and O–H groups in total. The average Bonchev–Trinajstić information content (AvgIpc) is 2.86. The van der Waals surface area contributed by atoms with Gasteiger partial charge in [0.05, 0.1) is 20.3 Å². The topological polar surface area (TPSA) is 103 Å². The van der Waals surface area contributed by atoms with E-state index in [4.69, 9.17) is 24.1 Å². The van der Waals surface area contributed by atoms with Gasteiger partial charge in [-0.25, -0.2) is 9.59 Å². The molecule has 8 heteroatoms. The van der Waals surface area contributed by atoms with Crippen molar-refractivity contribution in [3.05, 3.63) is 77.4 Å². The molecule has 1 amide bonds. The number of ether oxygens (including phenoxy) is 4. The van der Waals surface area contributed by atoms with Crippen LogP contribution in [-0.2, 0) is 14.3 Å². The van der Waals surface area contributed by atoms with E-state index in [2.05, 4.69) is 5.32 Å². The van der Waals surface area contributed by atoms with Crippen molar-refractivity contribution in [2.45, 2.75) is 33.8 Å². The number of anilines is 1. The van der Waals surface area contributed by atoms with Crippen LogP contribution in [-0.4, -0.2) is 44.1 Å². The molecule has 2 aromatic carbocycles. The molecular formula is C28H35NO7. The molecule has 36 heavy (non-hydrogen) atoms. The van der Waals surface area contributed by atoms with Gasteiger partial charge in [0.15, 0.2) is 0 Å². The highest BCUT2D eigenvalue weighted by Crippen LogP contribution is 2.33. The van der Waals surface area contributed by atoms with E-state index in [1.54, 1.807) is 50.4 Å². The van der Waals surface area contributed by atoms with Gasteiger partial charge < -0.3 is 24.1 Å². The van der Waals surface area contributed by atoms with Gasteiger partial charge >= 0.3 is 12.1 Å². The van der Waals surface area contributed by atoms with E-state index in [1.807, 2.05) is 39.0 Å². The molecule has 0 saturated carbocycles. The van der Waals surface area contributed by atoms with E-state index in [9.17, 15) is 9.59 Å². The van der Waals surface area contributed by atoms with Gasteiger partial charge in [-0.05, 0) is 68.3 Å². The molecule has 0 bridgehead atoms. The minimum absolute atomic E-state index is 0.0846. The monoisotopic (exact) mass is 497 g/mol. The number of carbonyl (C=O) groups is 2. The summed E-state index contributed by atoms with van der Waals surface area (Å²) in [7, 11) is 1.57. The summed E-state index contributed by atoms with van der Waals surface area (Å²) in [5, 5.41) is 11.7. The zero-order valence-corrected chi connectivity index (χ0v) is 21.4. The van der Waals surface area contributed by atoms with Crippen LogP contribution in [0.5, 0.6) is 11.5 Å². The molecule has 0 aliphatic rings. The van der Waals surface area contributed by atoms with Crippen molar-refractivity contribution in [2.24, 2.45) is 5.92 Å². The standard InChI is InChI=1S/C28H35NO7/c1-6-34-26(31)18-19(2)17-20(3)21(4)27(22-7-11-25(12-8-22)35-16-15-30)36-28(32)29-23-9-13-24(33-5)14-10-23/h7-14,17-18,21,27,30H,6,15-16H2,1-5H3,(H,29,32)/b19-18+,20-17+/t21-,27-/m0/s1. The summed E-state index contributed by atoms with van der Waals surface area (Å²) < 4.78 is 21.5. The summed E-state index contributed by atoms with van der Waals surface area (Å²) in [6, 6.07) is 14.1. The van der Waals surface area contributed by atoms with E-state index in [1.165, 1.54) is 6.08 Å². The van der Waals surface area contributed by atoms with Crippen LogP contribution in [0.15, 0.2) is 71.8 Å². The van der Waals surface area contributed by atoms with Crippen molar-refractivity contribution < 1.29 is 33.6 Å². The first-order valence-electron chi connectivity index (χ1n) is 11.8. The Morgan fingerprint density at radius 2 is 1.64 bits per heavy atom. The number of hydrogen-bond donors (Lipinski definition) is 2. The number of aliphatic hydroxyl groups is 1. The van der Waals surface area contributed by atoms with Crippen molar-refractivity contribution in [2.75, 3.05) is 32.2 Å². The number of amides is 1. The number of hydrogen-bond acceptors (Lipinski definition) is 7. The van der Waals surface area contributed by atoms with Crippen LogP contribution in [0.2, 0.25) is 0 Å². The van der Waals surface area contributed by atoms with Crippen molar-refractivity contribution in [1.29, 1.82) is 0 Å². The predicted octanol–water partition coefficient (Wildman–Crippen LogP) is 5.45. The molecule has 0 spiro atoms. The highest BCUT2D eigenvalue weighted by Gasteiger charge is 2.25. The number of benzene rings is 2. The minimum Gasteiger partial charge on any atom is -0.497 e. The Kier molecular flexibility index (Phi) is 11.5. The molecule has 0 aromatic heterocycles. The van der Waals surface area contributed by atoms with Gasteiger partial charge in [0, 0.05) is 17.7 Å². The van der Waals surface area contributed by atoms with Crippen LogP contribution in [0.4, 0.5) is 10.5 Å². The number of nitrogens with one attached hydrogen (secondary N) is 1. The van der Waals surface area contributed by atoms with Gasteiger partial charge in [-0.15, -0.1) is 0 Å². The second-order valence-electron chi connectivity index (χ2n) is 8.14. The zero-order valence-electron chi connectivity index (χ0n) is 21.4. The molecule has 0 heterocycles. The molecular weight excluding hydrogens is 462 g/mol. The van der Waals surface area contributed by atoms with Gasteiger partial charge in [0.2, 0.25) is 0 Å². The zero-order chi connectivity index (χ0) is 26.5. The fraction of sp³-hybridized carbons (Fsp3) is 0.357. The molecule has 0 radical (unpaired) electrons. The van der Waals surface area contributed by atoms with Crippen LogP contribution >= 0.6 is 0 Å². The van der Waals surface area contributed by atoms with E-state index in [-0.39, 0.29) is 19.1 Å². The minimum atomic E-state index is -0.623. The Morgan fingerprint density at radius 1 is 1.00 bits per heavy atom. The SMILES string of the molecule is CCOC(=O)/C=C(C)/C=C(\C)[C@H](C)[C@H](OC(=O)Nc1ccc(OC)cc1)c1ccc(OCCO)cc1. The third-order valence-corrected chi connectivity index (χ3v) is 5.40. The lowest BCUT2D eigenvalue weighted by molar-refractivity contribution is -0.137. The van der Waals surface area contributed by atoms with Crippen LogP contribution in [0, 0.1) is 5.92 Å². The average molecular weight is 498 g/mol. The number of methoxy groups -OCH3 is 1. The summed E-state index contributed by atoms with van der Waals surface area (Å²) in [5.41, 5.74) is 2.98. The molecule has 2 atom stereocenters. The molecule has 2 aromatic rings. The number of aliphatic hydroxyl groups excluding tert-OH is 1. The fourth-order valence-electron chi connectivity index (χ4n) is 3.45. The molecule has 194 valence electrons. The molecule has 0 fully saturated rings. The van der Waals surface area contributed by atoms with Gasteiger partial charge in [0.25, 0.3) is 0 Å². The molecule has 0 aliphatic carbocycles. The largest absolute Gasteiger partial charge is 0.497 e. The van der Waals surface area contributed by atoms with E-state index < -0.39 is 18.2 Å². The Balaban J connectivity index is 2.26. The first kappa shape index (κ1) is 28.5. The summed E-state index contributed by atoms with van der Waals surface area (Å²) >= 11 is 0. The maximum absolute atomic E-state index is 12.8. The second-order valence-corrected chi connectivity index (χ2v) is 8.14. The van der Waals surface area contributed by atoms with E-state index in [0.717, 1.165) is 16.7 Å². The lowest BCUT2D eigenvalue weighted by Crippen LogP contribution is -2.22. The summed E-state index contributed by atoms with van der Waals surface area (Å²) in [5.74, 6) is 0.650. The molecule has 2 rings (SSSR count). The maximum atomic E-state index is 12.8. The van der Waals surface area contributed by atoms with Crippen molar-refractivity contribution in [1.82, 2.24) is 0 Å². The summed E-state index contributed by atoms with van der Waals surface area (Å²) in [4.78, 5) is 24.6. The predicted molar refractivity (Wildman–Crippen MR) is 138 cm³/mol. The molecule has 0 unspecified atom stereocenters. The van der Waals surface area contributed by atoms with Crippen LogP contribution in [0.3, 0.4) is 0 Å². The fourth-order valence-corrected chi connectivity index (χ4v) is 3.45. The van der Waals surface area contributed by atoms with Gasteiger partial charge in [-0.3, -0.25) is 5.32 Å². The first-order chi connectivity index (χ1) is 17.3. The normalized spacial score (nSPS) is 13.4. The Morgan fingerprint density at radius 3 is 2.22 bits per heavy atom. The highest BCUT2D eigenvalue weighted by atomic mass is 16.6. The van der Waals surface area contributed by atoms with Gasteiger partial charge in [-0.1, -0.05) is 30.7 Å². The van der Waals surface area contributed by atoms with E-state index in [0.29, 0.717) is 23.8 Å². The Bertz CT molecular complexity index is 1040. The highest BCUT2D eigenvalue weighted by molar-refractivity contribution is 5.85. The van der Waals surface area contributed by atoms with E-state index >= 15 is 0 Å². The number of carbonyl (C=O) groups excluding carboxylic acids is 2. The molecule has 0 aliphatic heterocycles. The number of allylic oxidation sites excluding steroid dienone is 2. The van der Waals surface area contributed by atoms with Gasteiger partial charge in [-0.2, -0.15) is 0 Å². The third kappa shape index (κ3) is 9.11. The van der Waals surface area contributed by atoms with Crippen molar-refractivity contribution in [3.8, 4) is 11.5 Å². The second kappa shape index (κ2) is 14.6. The number of rotatable bonds is 12. The van der Waals surface area contributed by atoms with Crippen LogP contribution < -0.4 is 14.8 Å². The van der Waals surface area contributed by atoms with Crippen molar-refractivity contribution in [3.63, 3.8) is 0 Å². The number of esters is 1. The van der Waals surface area contributed by atoms with Crippen LogP contribution in [0.1, 0.15) is 39.4 Å². The van der Waals surface area contributed by atoms with Crippen LogP contribution in [0.25, 0.3) is 0 Å². The summed E-state index contributed by atoms with van der Waals surface area (Å²) in [6.07, 6.45) is 2.07. The van der Waals surface area contributed by atoms with Crippen molar-refractivity contribution >= 4 is 17.7 Å². The molecule has 8 nitrogen and oxygen atoms in total. The molecule has 0 saturated heterocycles.